The molecule has 0 spiro atoms. The number of halogens is 1. The number of ether oxygens (including phenoxy) is 1. The number of nitrogens with one attached hydrogen (secondary N) is 1. The van der Waals surface area contributed by atoms with Crippen molar-refractivity contribution in [2.75, 3.05) is 19.0 Å². The van der Waals surface area contributed by atoms with Gasteiger partial charge in [-0.15, -0.1) is 0 Å². The molecule has 1 aliphatic rings. The predicted molar refractivity (Wildman–Crippen MR) is 94.1 cm³/mol. The fraction of sp³-hybridized carbons (Fsp3) is 0.667. The van der Waals surface area contributed by atoms with Gasteiger partial charge in [-0.3, -0.25) is 0 Å². The lowest BCUT2D eigenvalue weighted by molar-refractivity contribution is 0.153. The van der Waals surface area contributed by atoms with Crippen LogP contribution in [0.25, 0.3) is 0 Å². The molecule has 0 heterocycles. The lowest BCUT2D eigenvalue weighted by Crippen LogP contribution is -2.28. The molecular weight excluding hydrogens is 326 g/mol. The Hall–Kier alpha value is -0.700. The van der Waals surface area contributed by atoms with Crippen LogP contribution in [-0.4, -0.2) is 13.7 Å². The van der Waals surface area contributed by atoms with Gasteiger partial charge in [-0.25, -0.2) is 0 Å². The smallest absolute Gasteiger partial charge is 0.133 e. The number of rotatable bonds is 4. The van der Waals surface area contributed by atoms with Crippen LogP contribution in [0.5, 0.6) is 5.75 Å². The average Bonchev–Trinajstić information content (AvgIpc) is 2.45. The van der Waals surface area contributed by atoms with E-state index in [2.05, 4.69) is 54.2 Å². The van der Waals surface area contributed by atoms with E-state index in [0.717, 1.165) is 28.6 Å². The molecule has 0 amide bonds. The number of hydrogen-bond donors (Lipinski definition) is 1. The highest BCUT2D eigenvalue weighted by Gasteiger charge is 2.29. The van der Waals surface area contributed by atoms with Crippen molar-refractivity contribution < 1.29 is 4.74 Å². The van der Waals surface area contributed by atoms with Gasteiger partial charge in [-0.2, -0.15) is 0 Å². The molecule has 3 heteroatoms. The van der Waals surface area contributed by atoms with E-state index in [-0.39, 0.29) is 0 Å². The highest BCUT2D eigenvalue weighted by molar-refractivity contribution is 9.10. The minimum Gasteiger partial charge on any atom is -0.496 e. The lowest BCUT2D eigenvalue weighted by atomic mass is 9.70. The van der Waals surface area contributed by atoms with Gasteiger partial charge in [0.25, 0.3) is 0 Å². The molecule has 1 aromatic rings. The Morgan fingerprint density at radius 2 is 1.86 bits per heavy atom. The first-order valence-corrected chi connectivity index (χ1v) is 8.77. The van der Waals surface area contributed by atoms with E-state index in [1.807, 2.05) is 6.07 Å². The highest BCUT2D eigenvalue weighted by Crippen LogP contribution is 2.39. The van der Waals surface area contributed by atoms with Crippen LogP contribution in [0.2, 0.25) is 0 Å². The van der Waals surface area contributed by atoms with E-state index in [4.69, 9.17) is 4.74 Å². The third kappa shape index (κ3) is 4.64. The normalized spacial score (nSPS) is 22.9. The summed E-state index contributed by atoms with van der Waals surface area (Å²) in [4.78, 5) is 0. The summed E-state index contributed by atoms with van der Waals surface area (Å²) in [6.45, 7) is 8.22. The van der Waals surface area contributed by atoms with Gasteiger partial charge in [-0.05, 0) is 77.1 Å². The fourth-order valence-corrected chi connectivity index (χ4v) is 3.81. The zero-order chi connectivity index (χ0) is 15.5. The van der Waals surface area contributed by atoms with Crippen LogP contribution in [0.15, 0.2) is 22.7 Å². The van der Waals surface area contributed by atoms with Gasteiger partial charge in [0.15, 0.2) is 0 Å². The molecule has 2 rings (SSSR count). The molecule has 1 N–H and O–H groups in total. The number of hydrogen-bond acceptors (Lipinski definition) is 2. The lowest BCUT2D eigenvalue weighted by Gasteiger charge is -2.37. The zero-order valence-corrected chi connectivity index (χ0v) is 15.3. The third-order valence-corrected chi connectivity index (χ3v) is 5.44. The fourth-order valence-electron chi connectivity index (χ4n) is 3.27. The Morgan fingerprint density at radius 1 is 1.19 bits per heavy atom. The van der Waals surface area contributed by atoms with Crippen LogP contribution in [0.3, 0.4) is 0 Å². The van der Waals surface area contributed by atoms with Crippen molar-refractivity contribution in [2.24, 2.45) is 17.3 Å². The maximum absolute atomic E-state index is 5.26. The summed E-state index contributed by atoms with van der Waals surface area (Å²) in [6.07, 6.45) is 5.46. The van der Waals surface area contributed by atoms with E-state index in [1.165, 1.54) is 31.4 Å². The predicted octanol–water partition coefficient (Wildman–Crippen LogP) is 5.72. The summed E-state index contributed by atoms with van der Waals surface area (Å²) in [5.41, 5.74) is 1.64. The van der Waals surface area contributed by atoms with Gasteiger partial charge in [0.1, 0.15) is 5.75 Å². The van der Waals surface area contributed by atoms with Gasteiger partial charge in [0.2, 0.25) is 0 Å². The monoisotopic (exact) mass is 353 g/mol. The summed E-state index contributed by atoms with van der Waals surface area (Å²) >= 11 is 3.54. The summed E-state index contributed by atoms with van der Waals surface area (Å²) < 4.78 is 6.27. The summed E-state index contributed by atoms with van der Waals surface area (Å²) in [6, 6.07) is 6.19. The van der Waals surface area contributed by atoms with Crippen LogP contribution < -0.4 is 10.1 Å². The highest BCUT2D eigenvalue weighted by atomic mass is 79.9. The van der Waals surface area contributed by atoms with Gasteiger partial charge < -0.3 is 10.1 Å². The van der Waals surface area contributed by atoms with Crippen molar-refractivity contribution in [1.82, 2.24) is 0 Å². The Balaban J connectivity index is 1.81. The van der Waals surface area contributed by atoms with E-state index in [1.54, 1.807) is 7.11 Å². The molecule has 21 heavy (non-hydrogen) atoms. The first-order valence-electron chi connectivity index (χ1n) is 7.97. The molecule has 0 aliphatic heterocycles. The summed E-state index contributed by atoms with van der Waals surface area (Å²) in [7, 11) is 1.70. The van der Waals surface area contributed by atoms with Crippen molar-refractivity contribution in [3.05, 3.63) is 22.7 Å². The molecule has 0 unspecified atom stereocenters. The second-order valence-corrected chi connectivity index (χ2v) is 8.17. The minimum absolute atomic E-state index is 0.471. The molecule has 0 atom stereocenters. The quantitative estimate of drug-likeness (QED) is 0.746. The molecule has 1 fully saturated rings. The molecule has 1 saturated carbocycles. The van der Waals surface area contributed by atoms with Gasteiger partial charge >= 0.3 is 0 Å². The molecular formula is C18H28BrNO. The van der Waals surface area contributed by atoms with Crippen LogP contribution in [0.4, 0.5) is 5.69 Å². The first-order chi connectivity index (χ1) is 9.90. The maximum atomic E-state index is 5.26. The van der Waals surface area contributed by atoms with Crippen molar-refractivity contribution in [3.63, 3.8) is 0 Å². The zero-order valence-electron chi connectivity index (χ0n) is 13.7. The van der Waals surface area contributed by atoms with Crippen molar-refractivity contribution >= 4 is 21.6 Å². The van der Waals surface area contributed by atoms with Gasteiger partial charge in [0.05, 0.1) is 11.6 Å². The van der Waals surface area contributed by atoms with Crippen LogP contribution in [0.1, 0.15) is 46.5 Å². The van der Waals surface area contributed by atoms with Gasteiger partial charge in [0, 0.05) is 12.2 Å². The molecule has 2 nitrogen and oxygen atoms in total. The molecule has 0 saturated heterocycles. The van der Waals surface area contributed by atoms with E-state index in [9.17, 15) is 0 Å². The summed E-state index contributed by atoms with van der Waals surface area (Å²) in [5.74, 6) is 2.58. The second kappa shape index (κ2) is 7.04. The number of anilines is 1. The molecule has 1 aliphatic carbocycles. The topological polar surface area (TPSA) is 21.3 Å². The number of methoxy groups -OCH3 is 1. The van der Waals surface area contributed by atoms with Crippen molar-refractivity contribution in [3.8, 4) is 5.75 Å². The van der Waals surface area contributed by atoms with Crippen molar-refractivity contribution in [1.29, 1.82) is 0 Å². The second-order valence-electron chi connectivity index (χ2n) is 7.31. The third-order valence-electron chi connectivity index (χ3n) is 4.82. The van der Waals surface area contributed by atoms with E-state index in [0.29, 0.717) is 5.41 Å². The molecule has 0 aromatic heterocycles. The molecule has 118 valence electrons. The van der Waals surface area contributed by atoms with Crippen LogP contribution in [0, 0.1) is 17.3 Å². The standard InChI is InChI=1S/C18H28BrNO/c1-18(2,3)14-7-5-13(6-8-14)12-20-15-9-10-17(21-4)16(19)11-15/h9-11,13-14,20H,5-8,12H2,1-4H3. The Morgan fingerprint density at radius 3 is 2.38 bits per heavy atom. The van der Waals surface area contributed by atoms with E-state index >= 15 is 0 Å². The largest absolute Gasteiger partial charge is 0.496 e. The molecule has 0 bridgehead atoms. The maximum Gasteiger partial charge on any atom is 0.133 e. The van der Waals surface area contributed by atoms with Crippen molar-refractivity contribution in [2.45, 2.75) is 46.5 Å². The van der Waals surface area contributed by atoms with Crippen LogP contribution in [-0.2, 0) is 0 Å². The molecule has 0 radical (unpaired) electrons. The van der Waals surface area contributed by atoms with E-state index < -0.39 is 0 Å². The Labute approximate surface area is 137 Å². The van der Waals surface area contributed by atoms with Crippen LogP contribution >= 0.6 is 15.9 Å². The Kier molecular flexibility index (Phi) is 5.59. The Bertz CT molecular complexity index is 459. The first kappa shape index (κ1) is 16.7. The summed E-state index contributed by atoms with van der Waals surface area (Å²) in [5, 5.41) is 3.57. The number of benzene rings is 1. The minimum atomic E-state index is 0.471. The molecule has 1 aromatic carbocycles. The van der Waals surface area contributed by atoms with Gasteiger partial charge in [-0.1, -0.05) is 20.8 Å². The average molecular weight is 354 g/mol. The SMILES string of the molecule is COc1ccc(NCC2CCC(C(C)(C)C)CC2)cc1Br.